The number of carbonyl (C=O) groups is 1. The lowest BCUT2D eigenvalue weighted by Crippen LogP contribution is -2.24. The molecule has 4 nitrogen and oxygen atoms in total. The Morgan fingerprint density at radius 3 is 2.55 bits per heavy atom. The summed E-state index contributed by atoms with van der Waals surface area (Å²) in [6.45, 7) is 3.05. The molecule has 0 fully saturated rings. The predicted molar refractivity (Wildman–Crippen MR) is 79.1 cm³/mol. The number of aryl methyl sites for hydroxylation is 1. The van der Waals surface area contributed by atoms with Crippen LogP contribution in [0.5, 0.6) is 0 Å². The van der Waals surface area contributed by atoms with Gasteiger partial charge in [-0.15, -0.1) is 0 Å². The van der Waals surface area contributed by atoms with E-state index < -0.39 is 0 Å². The summed E-state index contributed by atoms with van der Waals surface area (Å²) in [5.74, 6) is -0.167. The number of carbonyl (C=O) groups excluding carboxylic acids is 1. The summed E-state index contributed by atoms with van der Waals surface area (Å²) in [6.07, 6.45) is 2.59. The number of nitrogens with two attached hydrogens (primary N) is 1. The average Bonchev–Trinajstić information content (AvgIpc) is 2.53. The van der Waals surface area contributed by atoms with Gasteiger partial charge in [0.1, 0.15) is 5.69 Å². The van der Waals surface area contributed by atoms with Crippen LogP contribution < -0.4 is 11.1 Å². The third-order valence-corrected chi connectivity index (χ3v) is 3.23. The van der Waals surface area contributed by atoms with Crippen LogP contribution in [0.4, 0.5) is 0 Å². The van der Waals surface area contributed by atoms with Gasteiger partial charge in [-0.3, -0.25) is 9.78 Å². The maximum absolute atomic E-state index is 12.0. The molecule has 0 saturated carbocycles. The Bertz CT molecular complexity index is 579. The maximum atomic E-state index is 12.0. The number of hydrogen-bond donors (Lipinski definition) is 2. The fraction of sp³-hybridized carbons (Fsp3) is 0.250. The molecule has 2 rings (SSSR count). The molecule has 3 N–H and O–H groups in total. The molecule has 1 aromatic carbocycles. The zero-order valence-corrected chi connectivity index (χ0v) is 11.6. The van der Waals surface area contributed by atoms with E-state index in [0.717, 1.165) is 17.5 Å². The highest BCUT2D eigenvalue weighted by Crippen LogP contribution is 2.09. The summed E-state index contributed by atoms with van der Waals surface area (Å²) in [5, 5.41) is 2.89. The van der Waals surface area contributed by atoms with E-state index >= 15 is 0 Å². The fourth-order valence-corrected chi connectivity index (χ4v) is 2.02. The van der Waals surface area contributed by atoms with Crippen LogP contribution in [0, 0.1) is 0 Å². The smallest absolute Gasteiger partial charge is 0.270 e. The van der Waals surface area contributed by atoms with Crippen molar-refractivity contribution in [1.82, 2.24) is 10.3 Å². The summed E-state index contributed by atoms with van der Waals surface area (Å²) < 4.78 is 0. The number of aromatic nitrogens is 1. The second-order valence-electron chi connectivity index (χ2n) is 4.56. The van der Waals surface area contributed by atoms with Crippen molar-refractivity contribution >= 4 is 5.91 Å². The van der Waals surface area contributed by atoms with E-state index in [2.05, 4.69) is 23.3 Å². The van der Waals surface area contributed by atoms with E-state index in [1.54, 1.807) is 12.3 Å². The molecule has 1 aromatic heterocycles. The molecular formula is C16H19N3O. The molecule has 0 unspecified atom stereocenters. The molecule has 104 valence electrons. The minimum Gasteiger partial charge on any atom is -0.347 e. The number of pyridine rings is 1. The Kier molecular flexibility index (Phi) is 4.85. The number of nitrogens with zero attached hydrogens (tertiary/aromatic N) is 1. The van der Waals surface area contributed by atoms with Crippen molar-refractivity contribution in [3.63, 3.8) is 0 Å². The Labute approximate surface area is 119 Å². The number of benzene rings is 1. The molecule has 0 aliphatic heterocycles. The first-order chi connectivity index (χ1) is 9.74. The predicted octanol–water partition coefficient (Wildman–Crippen LogP) is 2.03. The van der Waals surface area contributed by atoms with E-state index in [4.69, 9.17) is 5.73 Å². The van der Waals surface area contributed by atoms with Crippen LogP contribution >= 0.6 is 0 Å². The van der Waals surface area contributed by atoms with Gasteiger partial charge in [-0.2, -0.15) is 0 Å². The summed E-state index contributed by atoms with van der Waals surface area (Å²) >= 11 is 0. The molecule has 0 aliphatic carbocycles. The quantitative estimate of drug-likeness (QED) is 0.872. The summed E-state index contributed by atoms with van der Waals surface area (Å²) in [7, 11) is 0. The average molecular weight is 269 g/mol. The first-order valence-corrected chi connectivity index (χ1v) is 6.74. The van der Waals surface area contributed by atoms with Gasteiger partial charge < -0.3 is 11.1 Å². The molecule has 4 heteroatoms. The van der Waals surface area contributed by atoms with Crippen molar-refractivity contribution in [3.05, 3.63) is 65.0 Å². The number of rotatable bonds is 5. The van der Waals surface area contributed by atoms with Gasteiger partial charge in [-0.25, -0.2) is 0 Å². The summed E-state index contributed by atoms with van der Waals surface area (Å²) in [6, 6.07) is 11.6. The van der Waals surface area contributed by atoms with Crippen molar-refractivity contribution in [2.75, 3.05) is 0 Å². The van der Waals surface area contributed by atoms with Crippen LogP contribution in [0.25, 0.3) is 0 Å². The molecule has 0 spiro atoms. The highest BCUT2D eigenvalue weighted by molar-refractivity contribution is 5.92. The third kappa shape index (κ3) is 3.42. The Morgan fingerprint density at radius 1 is 1.20 bits per heavy atom. The summed E-state index contributed by atoms with van der Waals surface area (Å²) in [5.41, 5.74) is 9.22. The molecular weight excluding hydrogens is 250 g/mol. The highest BCUT2D eigenvalue weighted by atomic mass is 16.1. The van der Waals surface area contributed by atoms with Crippen molar-refractivity contribution in [1.29, 1.82) is 0 Å². The number of nitrogens with one attached hydrogen (secondary N) is 1. The lowest BCUT2D eigenvalue weighted by Gasteiger charge is -2.09. The minimum absolute atomic E-state index is 0.167. The highest BCUT2D eigenvalue weighted by Gasteiger charge is 2.07. The Hall–Kier alpha value is -2.20. The van der Waals surface area contributed by atoms with Gasteiger partial charge in [-0.05, 0) is 29.2 Å². The van der Waals surface area contributed by atoms with Gasteiger partial charge in [0.2, 0.25) is 0 Å². The molecule has 1 heterocycles. The molecule has 0 aliphatic rings. The topological polar surface area (TPSA) is 68.0 Å². The first-order valence-electron chi connectivity index (χ1n) is 6.74. The minimum atomic E-state index is -0.167. The lowest BCUT2D eigenvalue weighted by molar-refractivity contribution is 0.0946. The molecule has 0 radical (unpaired) electrons. The van der Waals surface area contributed by atoms with Crippen molar-refractivity contribution in [2.45, 2.75) is 26.4 Å². The SMILES string of the molecule is CCc1ccccc1CNC(=O)c1ccc(CN)cn1. The number of amides is 1. The van der Waals surface area contributed by atoms with Crippen molar-refractivity contribution in [3.8, 4) is 0 Å². The van der Waals surface area contributed by atoms with E-state index in [-0.39, 0.29) is 5.91 Å². The van der Waals surface area contributed by atoms with E-state index in [1.807, 2.05) is 24.3 Å². The van der Waals surface area contributed by atoms with Crippen LogP contribution in [-0.4, -0.2) is 10.9 Å². The van der Waals surface area contributed by atoms with Crippen LogP contribution in [-0.2, 0) is 19.5 Å². The summed E-state index contributed by atoms with van der Waals surface area (Å²) in [4.78, 5) is 16.1. The van der Waals surface area contributed by atoms with Gasteiger partial charge in [0.05, 0.1) is 0 Å². The van der Waals surface area contributed by atoms with Gasteiger partial charge in [0, 0.05) is 19.3 Å². The van der Waals surface area contributed by atoms with Gasteiger partial charge in [0.15, 0.2) is 0 Å². The molecule has 0 bridgehead atoms. The molecule has 0 atom stereocenters. The monoisotopic (exact) mass is 269 g/mol. The van der Waals surface area contributed by atoms with Crippen LogP contribution in [0.15, 0.2) is 42.6 Å². The lowest BCUT2D eigenvalue weighted by atomic mass is 10.1. The Morgan fingerprint density at radius 2 is 1.95 bits per heavy atom. The van der Waals surface area contributed by atoms with Gasteiger partial charge in [0.25, 0.3) is 5.91 Å². The molecule has 1 amide bonds. The van der Waals surface area contributed by atoms with Gasteiger partial charge in [-0.1, -0.05) is 37.3 Å². The van der Waals surface area contributed by atoms with Crippen molar-refractivity contribution < 1.29 is 4.79 Å². The maximum Gasteiger partial charge on any atom is 0.270 e. The standard InChI is InChI=1S/C16H19N3O/c1-2-13-5-3-4-6-14(13)11-19-16(20)15-8-7-12(9-17)10-18-15/h3-8,10H,2,9,11,17H2,1H3,(H,19,20). The van der Waals surface area contributed by atoms with Gasteiger partial charge >= 0.3 is 0 Å². The first kappa shape index (κ1) is 14.2. The largest absolute Gasteiger partial charge is 0.347 e. The second kappa shape index (κ2) is 6.82. The van der Waals surface area contributed by atoms with Crippen LogP contribution in [0.2, 0.25) is 0 Å². The Balaban J connectivity index is 2.01. The van der Waals surface area contributed by atoms with E-state index in [1.165, 1.54) is 5.56 Å². The normalized spacial score (nSPS) is 10.3. The van der Waals surface area contributed by atoms with E-state index in [0.29, 0.717) is 18.8 Å². The number of hydrogen-bond acceptors (Lipinski definition) is 3. The molecule has 2 aromatic rings. The molecule has 0 saturated heterocycles. The zero-order valence-electron chi connectivity index (χ0n) is 11.6. The van der Waals surface area contributed by atoms with Crippen LogP contribution in [0.1, 0.15) is 34.1 Å². The van der Waals surface area contributed by atoms with Crippen molar-refractivity contribution in [2.24, 2.45) is 5.73 Å². The zero-order chi connectivity index (χ0) is 14.4. The van der Waals surface area contributed by atoms with Crippen LogP contribution in [0.3, 0.4) is 0 Å². The fourth-order valence-electron chi connectivity index (χ4n) is 2.02. The third-order valence-electron chi connectivity index (χ3n) is 3.23. The second-order valence-corrected chi connectivity index (χ2v) is 4.56. The molecule has 20 heavy (non-hydrogen) atoms. The van der Waals surface area contributed by atoms with E-state index in [9.17, 15) is 4.79 Å².